The average molecular weight is 170 g/mol. The second-order valence-corrected chi connectivity index (χ2v) is 3.15. The Morgan fingerprint density at radius 1 is 1.73 bits per heavy atom. The monoisotopic (exact) mass is 170 g/mol. The molecule has 1 heterocycles. The Morgan fingerprint density at radius 3 is 3.00 bits per heavy atom. The molecular weight excluding hydrogens is 160 g/mol. The van der Waals surface area contributed by atoms with E-state index in [2.05, 4.69) is 10.3 Å². The largest absolute Gasteiger partial charge is 0.362 e. The molecule has 0 aliphatic heterocycles. The number of aryl methyl sites for hydroxylation is 1. The number of nitrogens with zero attached hydrogens (tertiary/aromatic N) is 1. The van der Waals surface area contributed by atoms with Crippen LogP contribution in [0, 0.1) is 6.92 Å². The Hall–Kier alpha value is -0.900. The van der Waals surface area contributed by atoms with E-state index in [9.17, 15) is 4.79 Å². The van der Waals surface area contributed by atoms with E-state index in [0.29, 0.717) is 5.13 Å². The highest BCUT2D eigenvalue weighted by atomic mass is 32.1. The molecular formula is C7H10N2OS. The Morgan fingerprint density at radius 2 is 2.45 bits per heavy atom. The molecule has 1 aromatic heterocycles. The molecule has 1 rings (SSSR count). The van der Waals surface area contributed by atoms with Crippen LogP contribution < -0.4 is 10.1 Å². The number of hydrogen-bond acceptors (Lipinski definition) is 4. The van der Waals surface area contributed by atoms with E-state index in [-0.39, 0.29) is 4.74 Å². The van der Waals surface area contributed by atoms with Crippen LogP contribution >= 0.6 is 11.3 Å². The number of hydrogen-bond donors (Lipinski definition) is 1. The Bertz CT molecular complexity index is 295. The second kappa shape index (κ2) is 3.48. The first-order valence-corrected chi connectivity index (χ1v) is 4.26. The summed E-state index contributed by atoms with van der Waals surface area (Å²) in [6.07, 6.45) is 0. The van der Waals surface area contributed by atoms with Crippen LogP contribution in [-0.2, 0) is 0 Å². The summed E-state index contributed by atoms with van der Waals surface area (Å²) in [5, 5.41) is 3.70. The van der Waals surface area contributed by atoms with Gasteiger partial charge in [0.1, 0.15) is 0 Å². The second-order valence-electron chi connectivity index (χ2n) is 2.15. The zero-order valence-corrected chi connectivity index (χ0v) is 7.36. The first-order valence-electron chi connectivity index (χ1n) is 3.45. The third-order valence-electron chi connectivity index (χ3n) is 1.13. The summed E-state index contributed by atoms with van der Waals surface area (Å²) in [7, 11) is 0. The van der Waals surface area contributed by atoms with E-state index in [1.54, 1.807) is 0 Å². The minimum Gasteiger partial charge on any atom is -0.362 e. The summed E-state index contributed by atoms with van der Waals surface area (Å²) < 4.78 is 0.0495. The standard InChI is InChI=1S/C7H10N2OS/c1-3-8-7-9-5(2)4-6(10)11-7/h4H,3H2,1-2H3,(H,8,9). The fraction of sp³-hybridized carbons (Fsp3) is 0.429. The van der Waals surface area contributed by atoms with Crippen LogP contribution in [0.2, 0.25) is 0 Å². The van der Waals surface area contributed by atoms with Crippen LogP contribution in [0.4, 0.5) is 5.13 Å². The van der Waals surface area contributed by atoms with Crippen molar-refractivity contribution in [3.63, 3.8) is 0 Å². The Balaban J connectivity index is 2.99. The van der Waals surface area contributed by atoms with E-state index >= 15 is 0 Å². The molecule has 0 saturated heterocycles. The number of anilines is 1. The van der Waals surface area contributed by atoms with Crippen molar-refractivity contribution in [2.24, 2.45) is 0 Å². The van der Waals surface area contributed by atoms with Gasteiger partial charge in [-0.05, 0) is 13.8 Å². The molecule has 11 heavy (non-hydrogen) atoms. The van der Waals surface area contributed by atoms with Gasteiger partial charge in [0.25, 0.3) is 0 Å². The van der Waals surface area contributed by atoms with Gasteiger partial charge in [-0.2, -0.15) is 0 Å². The van der Waals surface area contributed by atoms with Crippen molar-refractivity contribution in [3.8, 4) is 0 Å². The van der Waals surface area contributed by atoms with Crippen molar-refractivity contribution < 1.29 is 0 Å². The van der Waals surface area contributed by atoms with E-state index in [1.165, 1.54) is 6.07 Å². The smallest absolute Gasteiger partial charge is 0.237 e. The predicted molar refractivity (Wildman–Crippen MR) is 47.3 cm³/mol. The van der Waals surface area contributed by atoms with Gasteiger partial charge in [-0.15, -0.1) is 0 Å². The van der Waals surface area contributed by atoms with Crippen molar-refractivity contribution in [2.45, 2.75) is 13.8 Å². The predicted octanol–water partition coefficient (Wildman–Crippen LogP) is 1.24. The Kier molecular flexibility index (Phi) is 2.59. The lowest BCUT2D eigenvalue weighted by Gasteiger charge is -1.99. The van der Waals surface area contributed by atoms with Gasteiger partial charge < -0.3 is 5.32 Å². The highest BCUT2D eigenvalue weighted by Gasteiger charge is 1.95. The maximum atomic E-state index is 10.9. The van der Waals surface area contributed by atoms with Gasteiger partial charge in [-0.25, -0.2) is 4.98 Å². The molecule has 4 heteroatoms. The van der Waals surface area contributed by atoms with Crippen LogP contribution in [0.25, 0.3) is 0 Å². The van der Waals surface area contributed by atoms with E-state index in [4.69, 9.17) is 0 Å². The molecule has 0 saturated carbocycles. The molecule has 60 valence electrons. The van der Waals surface area contributed by atoms with Crippen molar-refractivity contribution >= 4 is 16.5 Å². The minimum absolute atomic E-state index is 0.0495. The van der Waals surface area contributed by atoms with Crippen molar-refractivity contribution in [3.05, 3.63) is 21.3 Å². The number of rotatable bonds is 2. The molecule has 0 aliphatic rings. The van der Waals surface area contributed by atoms with E-state index in [0.717, 1.165) is 23.6 Å². The molecule has 0 unspecified atom stereocenters. The average Bonchev–Trinajstić information content (AvgIpc) is 1.85. The molecule has 3 nitrogen and oxygen atoms in total. The topological polar surface area (TPSA) is 42.0 Å². The fourth-order valence-corrected chi connectivity index (χ4v) is 1.56. The number of aromatic nitrogens is 1. The van der Waals surface area contributed by atoms with Gasteiger partial charge in [0.05, 0.1) is 0 Å². The molecule has 0 atom stereocenters. The lowest BCUT2D eigenvalue weighted by Crippen LogP contribution is -2.03. The quantitative estimate of drug-likeness (QED) is 0.726. The third kappa shape index (κ3) is 2.31. The van der Waals surface area contributed by atoms with Crippen LogP contribution in [-0.4, -0.2) is 11.5 Å². The maximum absolute atomic E-state index is 10.9. The van der Waals surface area contributed by atoms with Crippen molar-refractivity contribution in [2.75, 3.05) is 11.9 Å². The summed E-state index contributed by atoms with van der Waals surface area (Å²) in [5.74, 6) is 0. The van der Waals surface area contributed by atoms with Gasteiger partial charge in [0.15, 0.2) is 5.13 Å². The molecule has 0 radical (unpaired) electrons. The molecule has 1 aromatic rings. The summed E-state index contributed by atoms with van der Waals surface area (Å²) >= 11 is 1.14. The van der Waals surface area contributed by atoms with Crippen molar-refractivity contribution in [1.82, 2.24) is 4.98 Å². The van der Waals surface area contributed by atoms with Gasteiger partial charge >= 0.3 is 0 Å². The van der Waals surface area contributed by atoms with Crippen LogP contribution in [0.3, 0.4) is 0 Å². The first kappa shape index (κ1) is 8.20. The maximum Gasteiger partial charge on any atom is 0.237 e. The SMILES string of the molecule is CCNc1nc(C)cc(=O)s1. The lowest BCUT2D eigenvalue weighted by molar-refractivity contribution is 1.15. The van der Waals surface area contributed by atoms with E-state index in [1.807, 2.05) is 13.8 Å². The highest BCUT2D eigenvalue weighted by Crippen LogP contribution is 2.05. The molecule has 0 amide bonds. The first-order chi connectivity index (χ1) is 5.22. The summed E-state index contributed by atoms with van der Waals surface area (Å²) in [6.45, 7) is 4.59. The normalized spacial score (nSPS) is 9.64. The summed E-state index contributed by atoms with van der Waals surface area (Å²) in [4.78, 5) is 15.1. The fourth-order valence-electron chi connectivity index (χ4n) is 0.737. The summed E-state index contributed by atoms with van der Waals surface area (Å²) in [6, 6.07) is 1.53. The molecule has 0 bridgehead atoms. The van der Waals surface area contributed by atoms with Gasteiger partial charge in [0.2, 0.25) is 4.74 Å². The van der Waals surface area contributed by atoms with Gasteiger partial charge in [0, 0.05) is 18.3 Å². The molecule has 0 aliphatic carbocycles. The Labute approximate surface area is 69.1 Å². The molecule has 1 N–H and O–H groups in total. The third-order valence-corrected chi connectivity index (χ3v) is 1.88. The molecule has 0 aromatic carbocycles. The van der Waals surface area contributed by atoms with Gasteiger partial charge in [-0.1, -0.05) is 11.3 Å². The van der Waals surface area contributed by atoms with E-state index < -0.39 is 0 Å². The molecule has 0 fully saturated rings. The highest BCUT2D eigenvalue weighted by molar-refractivity contribution is 7.12. The van der Waals surface area contributed by atoms with Crippen LogP contribution in [0.15, 0.2) is 10.9 Å². The van der Waals surface area contributed by atoms with Crippen LogP contribution in [0.1, 0.15) is 12.6 Å². The zero-order valence-electron chi connectivity index (χ0n) is 6.55. The lowest BCUT2D eigenvalue weighted by atomic mass is 10.5. The summed E-state index contributed by atoms with van der Waals surface area (Å²) in [5.41, 5.74) is 0.768. The van der Waals surface area contributed by atoms with Gasteiger partial charge in [-0.3, -0.25) is 4.79 Å². The van der Waals surface area contributed by atoms with Crippen LogP contribution in [0.5, 0.6) is 0 Å². The zero-order chi connectivity index (χ0) is 8.27. The number of nitrogens with one attached hydrogen (secondary N) is 1. The molecule has 0 spiro atoms. The minimum atomic E-state index is 0.0495. The van der Waals surface area contributed by atoms with Crippen molar-refractivity contribution in [1.29, 1.82) is 0 Å².